The van der Waals surface area contributed by atoms with Gasteiger partial charge in [-0.15, -0.1) is 12.6 Å². The standard InChI is InChI=1S/C6H10S/c1-4-5(2)6(3)7/h4,7H,1H2,2-3H3/b6-5-. The number of rotatable bonds is 1. The summed E-state index contributed by atoms with van der Waals surface area (Å²) in [7, 11) is 0. The molecular formula is C6H10S. The average molecular weight is 114 g/mol. The average Bonchev–Trinajstić information content (AvgIpc) is 1.65. The summed E-state index contributed by atoms with van der Waals surface area (Å²) in [5.74, 6) is 0. The highest BCUT2D eigenvalue weighted by atomic mass is 32.1. The zero-order valence-electron chi connectivity index (χ0n) is 4.73. The van der Waals surface area contributed by atoms with E-state index in [1.165, 1.54) is 0 Å². The highest BCUT2D eigenvalue weighted by Crippen LogP contribution is 2.05. The molecule has 0 amide bonds. The predicted octanol–water partition coefficient (Wildman–Crippen LogP) is 2.40. The molecule has 0 fully saturated rings. The smallest absolute Gasteiger partial charge is 0.0186 e. The summed E-state index contributed by atoms with van der Waals surface area (Å²) in [6.45, 7) is 7.50. The van der Waals surface area contributed by atoms with Crippen LogP contribution in [0.1, 0.15) is 13.8 Å². The molecule has 0 rings (SSSR count). The first-order valence-corrected chi connectivity index (χ1v) is 2.62. The van der Waals surface area contributed by atoms with Gasteiger partial charge in [-0.25, -0.2) is 0 Å². The molecule has 0 bridgehead atoms. The van der Waals surface area contributed by atoms with E-state index in [2.05, 4.69) is 19.2 Å². The minimum absolute atomic E-state index is 1.04. The van der Waals surface area contributed by atoms with E-state index in [4.69, 9.17) is 0 Å². The highest BCUT2D eigenvalue weighted by molar-refractivity contribution is 7.84. The Balaban J connectivity index is 3.98. The number of hydrogen-bond acceptors (Lipinski definition) is 1. The van der Waals surface area contributed by atoms with Crippen molar-refractivity contribution in [2.45, 2.75) is 13.8 Å². The third-order valence-electron chi connectivity index (χ3n) is 0.877. The van der Waals surface area contributed by atoms with Gasteiger partial charge >= 0.3 is 0 Å². The number of thiol groups is 1. The first-order valence-electron chi connectivity index (χ1n) is 2.17. The first kappa shape index (κ1) is 6.83. The Morgan fingerprint density at radius 2 is 2.00 bits per heavy atom. The number of hydrogen-bond donors (Lipinski definition) is 1. The van der Waals surface area contributed by atoms with E-state index in [1.54, 1.807) is 6.08 Å². The van der Waals surface area contributed by atoms with Gasteiger partial charge in [0.25, 0.3) is 0 Å². The van der Waals surface area contributed by atoms with E-state index in [0.29, 0.717) is 0 Å². The van der Waals surface area contributed by atoms with E-state index in [0.717, 1.165) is 10.5 Å². The van der Waals surface area contributed by atoms with Crippen LogP contribution in [0.4, 0.5) is 0 Å². The molecule has 0 aliphatic rings. The van der Waals surface area contributed by atoms with Gasteiger partial charge in [0.15, 0.2) is 0 Å². The van der Waals surface area contributed by atoms with Crippen LogP contribution in [0.2, 0.25) is 0 Å². The summed E-state index contributed by atoms with van der Waals surface area (Å²) in [5, 5.41) is 0. The summed E-state index contributed by atoms with van der Waals surface area (Å²) >= 11 is 4.08. The van der Waals surface area contributed by atoms with Gasteiger partial charge in [-0.05, 0) is 24.3 Å². The molecule has 0 radical (unpaired) electrons. The lowest BCUT2D eigenvalue weighted by atomic mass is 10.3. The molecular weight excluding hydrogens is 104 g/mol. The van der Waals surface area contributed by atoms with Gasteiger partial charge < -0.3 is 0 Å². The van der Waals surface area contributed by atoms with Crippen molar-refractivity contribution in [1.29, 1.82) is 0 Å². The molecule has 0 saturated carbocycles. The Bertz CT molecular complexity index is 96.7. The quantitative estimate of drug-likeness (QED) is 0.393. The lowest BCUT2D eigenvalue weighted by molar-refractivity contribution is 1.46. The third-order valence-corrected chi connectivity index (χ3v) is 1.23. The molecule has 0 aromatic heterocycles. The van der Waals surface area contributed by atoms with E-state index < -0.39 is 0 Å². The molecule has 0 aliphatic carbocycles. The van der Waals surface area contributed by atoms with Crippen molar-refractivity contribution in [3.8, 4) is 0 Å². The van der Waals surface area contributed by atoms with Gasteiger partial charge in [0.1, 0.15) is 0 Å². The van der Waals surface area contributed by atoms with Crippen molar-refractivity contribution >= 4 is 12.6 Å². The highest BCUT2D eigenvalue weighted by Gasteiger charge is 1.80. The van der Waals surface area contributed by atoms with Crippen LogP contribution >= 0.6 is 12.6 Å². The fourth-order valence-electron chi connectivity index (χ4n) is 0.148. The Kier molecular flexibility index (Phi) is 2.84. The largest absolute Gasteiger partial charge is 0.148 e. The summed E-state index contributed by atoms with van der Waals surface area (Å²) in [4.78, 5) is 1.04. The molecule has 0 heterocycles. The van der Waals surface area contributed by atoms with E-state index in [9.17, 15) is 0 Å². The van der Waals surface area contributed by atoms with Crippen molar-refractivity contribution in [3.05, 3.63) is 23.1 Å². The van der Waals surface area contributed by atoms with Gasteiger partial charge in [-0.3, -0.25) is 0 Å². The van der Waals surface area contributed by atoms with Crippen LogP contribution in [-0.4, -0.2) is 0 Å². The van der Waals surface area contributed by atoms with Crippen molar-refractivity contribution < 1.29 is 0 Å². The van der Waals surface area contributed by atoms with Crippen molar-refractivity contribution in [1.82, 2.24) is 0 Å². The molecule has 0 N–H and O–H groups in total. The second-order valence-corrected chi connectivity index (χ2v) is 2.14. The van der Waals surface area contributed by atoms with E-state index >= 15 is 0 Å². The minimum atomic E-state index is 1.04. The van der Waals surface area contributed by atoms with Crippen LogP contribution in [0, 0.1) is 0 Å². The van der Waals surface area contributed by atoms with Crippen molar-refractivity contribution in [3.63, 3.8) is 0 Å². The molecule has 0 unspecified atom stereocenters. The molecule has 0 spiro atoms. The summed E-state index contributed by atoms with van der Waals surface area (Å²) in [6, 6.07) is 0. The lowest BCUT2D eigenvalue weighted by Crippen LogP contribution is -1.66. The Morgan fingerprint density at radius 1 is 1.57 bits per heavy atom. The Morgan fingerprint density at radius 3 is 2.00 bits per heavy atom. The van der Waals surface area contributed by atoms with Crippen molar-refractivity contribution in [2.24, 2.45) is 0 Å². The maximum Gasteiger partial charge on any atom is -0.0186 e. The zero-order chi connectivity index (χ0) is 5.86. The molecule has 0 aromatic rings. The monoisotopic (exact) mass is 114 g/mol. The lowest BCUT2D eigenvalue weighted by Gasteiger charge is -1.89. The second-order valence-electron chi connectivity index (χ2n) is 1.47. The molecule has 0 aromatic carbocycles. The van der Waals surface area contributed by atoms with Crippen molar-refractivity contribution in [2.75, 3.05) is 0 Å². The van der Waals surface area contributed by atoms with Crippen LogP contribution in [0.3, 0.4) is 0 Å². The maximum absolute atomic E-state index is 4.08. The summed E-state index contributed by atoms with van der Waals surface area (Å²) in [6.07, 6.45) is 1.79. The third kappa shape index (κ3) is 2.52. The molecule has 0 atom stereocenters. The van der Waals surface area contributed by atoms with Crippen LogP contribution in [0.15, 0.2) is 23.1 Å². The molecule has 40 valence electrons. The SMILES string of the molecule is C=C/C(C)=C(/C)S. The van der Waals surface area contributed by atoms with Gasteiger partial charge in [-0.2, -0.15) is 0 Å². The van der Waals surface area contributed by atoms with Crippen LogP contribution < -0.4 is 0 Å². The van der Waals surface area contributed by atoms with Gasteiger partial charge in [0, 0.05) is 0 Å². The zero-order valence-corrected chi connectivity index (χ0v) is 5.63. The summed E-state index contributed by atoms with van der Waals surface area (Å²) in [5.41, 5.74) is 1.14. The van der Waals surface area contributed by atoms with Crippen LogP contribution in [0.5, 0.6) is 0 Å². The van der Waals surface area contributed by atoms with E-state index in [1.807, 2.05) is 13.8 Å². The van der Waals surface area contributed by atoms with Gasteiger partial charge in [-0.1, -0.05) is 12.7 Å². The topological polar surface area (TPSA) is 0 Å². The Hall–Kier alpha value is -0.170. The normalized spacial score (nSPS) is 13.0. The van der Waals surface area contributed by atoms with Gasteiger partial charge in [0.2, 0.25) is 0 Å². The number of allylic oxidation sites excluding steroid dienone is 3. The Labute approximate surface area is 50.3 Å². The minimum Gasteiger partial charge on any atom is -0.148 e. The molecule has 0 aliphatic heterocycles. The van der Waals surface area contributed by atoms with Crippen LogP contribution in [-0.2, 0) is 0 Å². The first-order chi connectivity index (χ1) is 3.18. The fraction of sp³-hybridized carbons (Fsp3) is 0.333. The second kappa shape index (κ2) is 2.92. The molecule has 7 heavy (non-hydrogen) atoms. The molecule has 0 nitrogen and oxygen atoms in total. The maximum atomic E-state index is 4.08. The van der Waals surface area contributed by atoms with Crippen LogP contribution in [0.25, 0.3) is 0 Å². The predicted molar refractivity (Wildman–Crippen MR) is 37.6 cm³/mol. The fourth-order valence-corrected chi connectivity index (χ4v) is 0.239. The molecule has 0 saturated heterocycles. The van der Waals surface area contributed by atoms with E-state index in [-0.39, 0.29) is 0 Å². The summed E-state index contributed by atoms with van der Waals surface area (Å²) < 4.78 is 0. The molecule has 1 heteroatoms. The van der Waals surface area contributed by atoms with Gasteiger partial charge in [0.05, 0.1) is 0 Å².